The third-order valence-corrected chi connectivity index (χ3v) is 5.58. The Morgan fingerprint density at radius 3 is 2.82 bits per heavy atom. The summed E-state index contributed by atoms with van der Waals surface area (Å²) in [4.78, 5) is 12.6. The van der Waals surface area contributed by atoms with E-state index < -0.39 is 23.7 Å². The topological polar surface area (TPSA) is 71.4 Å². The first-order valence-electron chi connectivity index (χ1n) is 9.39. The van der Waals surface area contributed by atoms with Crippen LogP contribution in [0.2, 0.25) is 0 Å². The Kier molecular flexibility index (Phi) is 4.73. The number of hydrogen-bond acceptors (Lipinski definition) is 5. The van der Waals surface area contributed by atoms with Crippen molar-refractivity contribution in [1.82, 2.24) is 5.01 Å². The number of carbonyl (C=O) groups excluding carboxylic acids is 1. The van der Waals surface area contributed by atoms with Crippen LogP contribution in [0.15, 0.2) is 23.3 Å². The maximum atomic E-state index is 13.8. The molecule has 1 amide bonds. The van der Waals surface area contributed by atoms with Gasteiger partial charge in [-0.05, 0) is 43.4 Å². The van der Waals surface area contributed by atoms with E-state index in [1.165, 1.54) is 0 Å². The predicted molar refractivity (Wildman–Crippen MR) is 92.7 cm³/mol. The summed E-state index contributed by atoms with van der Waals surface area (Å²) in [5.74, 6) is -0.907. The molecule has 4 rings (SSSR count). The Labute approximate surface area is 159 Å². The lowest BCUT2D eigenvalue weighted by Crippen LogP contribution is -2.61. The van der Waals surface area contributed by atoms with Crippen molar-refractivity contribution in [3.8, 4) is 11.5 Å². The Morgan fingerprint density at radius 1 is 1.25 bits per heavy atom. The molecule has 1 aromatic carbocycles. The molecule has 1 aliphatic carbocycles. The average Bonchev–Trinajstić information content (AvgIpc) is 3.14. The highest BCUT2D eigenvalue weighted by atomic mass is 19.4. The zero-order chi connectivity index (χ0) is 19.9. The number of ether oxygens (including phenoxy) is 2. The lowest BCUT2D eigenvalue weighted by atomic mass is 9.87. The molecule has 9 heteroatoms. The summed E-state index contributed by atoms with van der Waals surface area (Å²) < 4.78 is 52.0. The van der Waals surface area contributed by atoms with Gasteiger partial charge in [-0.3, -0.25) is 4.79 Å². The number of rotatable bonds is 3. The minimum atomic E-state index is -4.98. The number of hydrogen-bond donors (Lipinski definition) is 1. The maximum Gasteiger partial charge on any atom is 0.439 e. The fourth-order valence-electron chi connectivity index (χ4n) is 4.09. The number of benzene rings is 1. The molecule has 0 aromatic heterocycles. The number of nitrogens with zero attached hydrogens (tertiary/aromatic N) is 2. The summed E-state index contributed by atoms with van der Waals surface area (Å²) >= 11 is 0. The Bertz CT molecular complexity index is 811. The van der Waals surface area contributed by atoms with Gasteiger partial charge < -0.3 is 14.6 Å². The van der Waals surface area contributed by atoms with E-state index in [1.807, 2.05) is 0 Å². The van der Waals surface area contributed by atoms with Gasteiger partial charge in [0.25, 0.3) is 5.72 Å². The Hall–Kier alpha value is -2.29. The van der Waals surface area contributed by atoms with Crippen molar-refractivity contribution in [2.24, 2.45) is 11.0 Å². The van der Waals surface area contributed by atoms with E-state index in [0.29, 0.717) is 30.8 Å². The van der Waals surface area contributed by atoms with Crippen LogP contribution in [0.4, 0.5) is 13.2 Å². The molecule has 2 atom stereocenters. The Morgan fingerprint density at radius 2 is 2.04 bits per heavy atom. The second-order valence-electron chi connectivity index (χ2n) is 7.36. The van der Waals surface area contributed by atoms with Crippen molar-refractivity contribution in [3.05, 3.63) is 23.8 Å². The molecule has 2 heterocycles. The van der Waals surface area contributed by atoms with E-state index in [-0.39, 0.29) is 36.8 Å². The molecule has 152 valence electrons. The van der Waals surface area contributed by atoms with E-state index >= 15 is 0 Å². The van der Waals surface area contributed by atoms with Crippen LogP contribution in [0.1, 0.15) is 44.1 Å². The van der Waals surface area contributed by atoms with Gasteiger partial charge in [0.15, 0.2) is 11.5 Å². The molecule has 0 unspecified atom stereocenters. The largest absolute Gasteiger partial charge is 0.454 e. The molecule has 0 saturated heterocycles. The zero-order valence-electron chi connectivity index (χ0n) is 15.2. The zero-order valence-corrected chi connectivity index (χ0v) is 15.2. The standard InChI is InChI=1S/C19H21F3N2O4/c20-19(21,22)18(26)13-4-2-1-3-5-14(13)23-24(18)17(25)9-7-12-6-8-15-16(10-12)28-11-27-15/h6,8,10,13,26H,1-5,7,9,11H2/t13-,18-/m1/s1. The molecular weight excluding hydrogens is 377 g/mol. The first-order valence-corrected chi connectivity index (χ1v) is 9.39. The van der Waals surface area contributed by atoms with Gasteiger partial charge in [-0.2, -0.15) is 23.3 Å². The number of halogens is 3. The Balaban J connectivity index is 1.53. The second kappa shape index (κ2) is 6.95. The number of aryl methyl sites for hydroxylation is 1. The number of amides is 1. The van der Waals surface area contributed by atoms with E-state index in [9.17, 15) is 23.1 Å². The van der Waals surface area contributed by atoms with Gasteiger partial charge in [0.1, 0.15) is 0 Å². The fourth-order valence-corrected chi connectivity index (χ4v) is 4.09. The van der Waals surface area contributed by atoms with Gasteiger partial charge in [0, 0.05) is 12.1 Å². The highest BCUT2D eigenvalue weighted by Gasteiger charge is 2.67. The molecule has 1 saturated carbocycles. The highest BCUT2D eigenvalue weighted by Crippen LogP contribution is 2.47. The normalized spacial score (nSPS) is 26.6. The van der Waals surface area contributed by atoms with Gasteiger partial charge in [-0.15, -0.1) is 0 Å². The van der Waals surface area contributed by atoms with Crippen LogP contribution in [0, 0.1) is 5.92 Å². The summed E-state index contributed by atoms with van der Waals surface area (Å²) in [6, 6.07) is 5.13. The predicted octanol–water partition coefficient (Wildman–Crippen LogP) is 3.38. The van der Waals surface area contributed by atoms with Crippen LogP contribution in [0.5, 0.6) is 11.5 Å². The summed E-state index contributed by atoms with van der Waals surface area (Å²) in [5, 5.41) is 14.9. The lowest BCUT2D eigenvalue weighted by molar-refractivity contribution is -0.316. The number of aliphatic hydroxyl groups is 1. The third kappa shape index (κ3) is 3.11. The van der Waals surface area contributed by atoms with Crippen LogP contribution in [-0.4, -0.2) is 40.4 Å². The molecule has 2 aliphatic heterocycles. The molecule has 1 fully saturated rings. The van der Waals surface area contributed by atoms with Crippen molar-refractivity contribution >= 4 is 11.6 Å². The third-order valence-electron chi connectivity index (χ3n) is 5.58. The SMILES string of the molecule is O=C(CCc1ccc2c(c1)OCO2)N1N=C2CCCCC[C@H]2[C@@]1(O)C(F)(F)F. The summed E-state index contributed by atoms with van der Waals surface area (Å²) in [5.41, 5.74) is -2.26. The van der Waals surface area contributed by atoms with Crippen molar-refractivity contribution < 1.29 is 32.5 Å². The summed E-state index contributed by atoms with van der Waals surface area (Å²) in [6.07, 6.45) is -2.38. The second-order valence-corrected chi connectivity index (χ2v) is 7.36. The molecule has 3 aliphatic rings. The lowest BCUT2D eigenvalue weighted by Gasteiger charge is -2.37. The van der Waals surface area contributed by atoms with Crippen molar-refractivity contribution in [2.75, 3.05) is 6.79 Å². The molecular formula is C19H21F3N2O4. The van der Waals surface area contributed by atoms with Crippen molar-refractivity contribution in [1.29, 1.82) is 0 Å². The van der Waals surface area contributed by atoms with Gasteiger partial charge >= 0.3 is 6.18 Å². The number of hydrazone groups is 1. The van der Waals surface area contributed by atoms with Gasteiger partial charge in [-0.1, -0.05) is 18.9 Å². The van der Waals surface area contributed by atoms with Gasteiger partial charge in [0.2, 0.25) is 12.7 Å². The number of carbonyl (C=O) groups is 1. The monoisotopic (exact) mass is 398 g/mol. The molecule has 1 N–H and O–H groups in total. The van der Waals surface area contributed by atoms with Crippen LogP contribution >= 0.6 is 0 Å². The highest BCUT2D eigenvalue weighted by molar-refractivity contribution is 5.93. The molecule has 0 spiro atoms. The molecule has 28 heavy (non-hydrogen) atoms. The van der Waals surface area contributed by atoms with Gasteiger partial charge in [-0.25, -0.2) is 0 Å². The van der Waals surface area contributed by atoms with Crippen LogP contribution < -0.4 is 9.47 Å². The van der Waals surface area contributed by atoms with Crippen molar-refractivity contribution in [3.63, 3.8) is 0 Å². The number of alkyl halides is 3. The van der Waals surface area contributed by atoms with Crippen LogP contribution in [0.25, 0.3) is 0 Å². The molecule has 0 radical (unpaired) electrons. The van der Waals surface area contributed by atoms with E-state index in [1.54, 1.807) is 18.2 Å². The molecule has 6 nitrogen and oxygen atoms in total. The minimum Gasteiger partial charge on any atom is -0.454 e. The van der Waals surface area contributed by atoms with Crippen molar-refractivity contribution in [2.45, 2.75) is 56.8 Å². The van der Waals surface area contributed by atoms with Crippen LogP contribution in [-0.2, 0) is 11.2 Å². The average molecular weight is 398 g/mol. The summed E-state index contributed by atoms with van der Waals surface area (Å²) in [6.45, 7) is 0.114. The fraction of sp³-hybridized carbons (Fsp3) is 0.579. The van der Waals surface area contributed by atoms with E-state index in [2.05, 4.69) is 5.10 Å². The summed E-state index contributed by atoms with van der Waals surface area (Å²) in [7, 11) is 0. The first-order chi connectivity index (χ1) is 13.3. The molecule has 0 bridgehead atoms. The van der Waals surface area contributed by atoms with Crippen LogP contribution in [0.3, 0.4) is 0 Å². The smallest absolute Gasteiger partial charge is 0.439 e. The molecule has 1 aromatic rings. The maximum absolute atomic E-state index is 13.8. The van der Waals surface area contributed by atoms with E-state index in [4.69, 9.17) is 9.47 Å². The number of fused-ring (bicyclic) bond motifs is 2. The van der Waals surface area contributed by atoms with Gasteiger partial charge in [0.05, 0.1) is 5.92 Å². The minimum absolute atomic E-state index is 0.114. The van der Waals surface area contributed by atoms with E-state index in [0.717, 1.165) is 12.0 Å². The first kappa shape index (κ1) is 19.0. The quantitative estimate of drug-likeness (QED) is 0.848.